The van der Waals surface area contributed by atoms with Gasteiger partial charge in [0.15, 0.2) is 12.0 Å². The summed E-state index contributed by atoms with van der Waals surface area (Å²) in [5.74, 6) is 0.601. The van der Waals surface area contributed by atoms with Crippen LogP contribution in [0.4, 0.5) is 5.82 Å². The molecule has 1 aromatic heterocycles. The van der Waals surface area contributed by atoms with Crippen LogP contribution in [0.2, 0.25) is 5.02 Å². The van der Waals surface area contributed by atoms with Gasteiger partial charge in [-0.3, -0.25) is 0 Å². The Hall–Kier alpha value is -2.47. The Morgan fingerprint density at radius 3 is 2.29 bits per heavy atom. The summed E-state index contributed by atoms with van der Waals surface area (Å²) in [4.78, 5) is 5.06. The van der Waals surface area contributed by atoms with Crippen LogP contribution in [0.25, 0.3) is 10.9 Å². The molecule has 0 bridgehead atoms. The monoisotopic (exact) mass is 493 g/mol. The van der Waals surface area contributed by atoms with E-state index in [-0.39, 0.29) is 6.23 Å². The molecule has 1 aliphatic heterocycles. The third-order valence-corrected chi connectivity index (χ3v) is 6.20. The van der Waals surface area contributed by atoms with Gasteiger partial charge < -0.3 is 4.74 Å². The summed E-state index contributed by atoms with van der Waals surface area (Å²) in [6, 6.07) is 24.3. The SMILES string of the molecule is Clc1cc(Br)cc2c1c(N=C(c1ccccc1)c1ccccc1)nn2C1CCCCO1. The lowest BCUT2D eigenvalue weighted by molar-refractivity contribution is -0.0365. The Bertz CT molecular complexity index is 1190. The zero-order valence-corrected chi connectivity index (χ0v) is 19.2. The predicted octanol–water partition coefficient (Wildman–Crippen LogP) is 7.32. The summed E-state index contributed by atoms with van der Waals surface area (Å²) >= 11 is 10.3. The first-order valence-corrected chi connectivity index (χ1v) is 11.6. The molecule has 0 aliphatic carbocycles. The van der Waals surface area contributed by atoms with Gasteiger partial charge in [-0.25, -0.2) is 9.67 Å². The van der Waals surface area contributed by atoms with E-state index in [0.717, 1.165) is 58.1 Å². The minimum Gasteiger partial charge on any atom is -0.356 e. The molecule has 2 heterocycles. The summed E-state index contributed by atoms with van der Waals surface area (Å²) in [5.41, 5.74) is 3.83. The molecule has 1 fully saturated rings. The number of benzene rings is 3. The minimum atomic E-state index is -0.109. The Balaban J connectivity index is 1.74. The van der Waals surface area contributed by atoms with Crippen molar-refractivity contribution >= 4 is 50.0 Å². The molecular formula is C25H21BrClN3O. The molecule has 156 valence electrons. The highest BCUT2D eigenvalue weighted by Crippen LogP contribution is 2.38. The maximum Gasteiger partial charge on any atom is 0.183 e. The van der Waals surface area contributed by atoms with Crippen LogP contribution < -0.4 is 0 Å². The Labute approximate surface area is 194 Å². The molecule has 4 aromatic rings. The standard InChI is InChI=1S/C25H21BrClN3O/c26-19-15-20(27)23-21(16-19)30(22-13-7-8-14-31-22)29-25(23)28-24(17-9-3-1-4-10-17)18-11-5-2-6-12-18/h1-6,9-12,15-16,22H,7-8,13-14H2. The second-order valence-corrected chi connectivity index (χ2v) is 8.89. The summed E-state index contributed by atoms with van der Waals surface area (Å²) in [7, 11) is 0. The fourth-order valence-corrected chi connectivity index (χ4v) is 4.85. The topological polar surface area (TPSA) is 39.4 Å². The Morgan fingerprint density at radius 2 is 1.68 bits per heavy atom. The van der Waals surface area contributed by atoms with Gasteiger partial charge in [0.2, 0.25) is 0 Å². The van der Waals surface area contributed by atoms with E-state index in [1.54, 1.807) is 0 Å². The van der Waals surface area contributed by atoms with Gasteiger partial charge in [-0.2, -0.15) is 0 Å². The van der Waals surface area contributed by atoms with E-state index in [4.69, 9.17) is 26.4 Å². The quantitative estimate of drug-likeness (QED) is 0.279. The normalized spacial score (nSPS) is 16.4. The van der Waals surface area contributed by atoms with Crippen molar-refractivity contribution in [3.63, 3.8) is 0 Å². The first-order chi connectivity index (χ1) is 15.2. The molecule has 1 unspecified atom stereocenters. The lowest BCUT2D eigenvalue weighted by atomic mass is 10.0. The second kappa shape index (κ2) is 8.95. The average Bonchev–Trinajstić information content (AvgIpc) is 3.17. The van der Waals surface area contributed by atoms with E-state index in [1.165, 1.54) is 0 Å². The van der Waals surface area contributed by atoms with Crippen LogP contribution in [0.3, 0.4) is 0 Å². The van der Waals surface area contributed by atoms with Gasteiger partial charge in [-0.15, -0.1) is 5.10 Å². The largest absolute Gasteiger partial charge is 0.356 e. The van der Waals surface area contributed by atoms with Crippen LogP contribution in [0.5, 0.6) is 0 Å². The van der Waals surface area contributed by atoms with Gasteiger partial charge >= 0.3 is 0 Å². The van der Waals surface area contributed by atoms with Crippen LogP contribution in [-0.2, 0) is 4.74 Å². The smallest absolute Gasteiger partial charge is 0.183 e. The average molecular weight is 495 g/mol. The number of aromatic nitrogens is 2. The molecular weight excluding hydrogens is 474 g/mol. The van der Waals surface area contributed by atoms with Gasteiger partial charge in [0, 0.05) is 22.2 Å². The number of nitrogens with zero attached hydrogens (tertiary/aromatic N) is 3. The van der Waals surface area contributed by atoms with Crippen LogP contribution in [0.15, 0.2) is 82.3 Å². The van der Waals surface area contributed by atoms with E-state index in [0.29, 0.717) is 10.8 Å². The summed E-state index contributed by atoms with van der Waals surface area (Å²) < 4.78 is 8.88. The van der Waals surface area contributed by atoms with E-state index in [2.05, 4.69) is 40.2 Å². The van der Waals surface area contributed by atoms with Crippen molar-refractivity contribution < 1.29 is 4.74 Å². The van der Waals surface area contributed by atoms with Crippen molar-refractivity contribution in [1.29, 1.82) is 0 Å². The Morgan fingerprint density at radius 1 is 1.00 bits per heavy atom. The molecule has 5 rings (SSSR count). The van der Waals surface area contributed by atoms with Crippen LogP contribution in [0.1, 0.15) is 36.6 Å². The molecule has 0 amide bonds. The van der Waals surface area contributed by atoms with Gasteiger partial charge in [-0.05, 0) is 31.4 Å². The number of aliphatic imine (C=N–C) groups is 1. The van der Waals surface area contributed by atoms with Crippen molar-refractivity contribution in [2.75, 3.05) is 6.61 Å². The van der Waals surface area contributed by atoms with Crippen LogP contribution in [-0.4, -0.2) is 22.1 Å². The number of ether oxygens (including phenoxy) is 1. The van der Waals surface area contributed by atoms with Crippen molar-refractivity contribution in [2.45, 2.75) is 25.5 Å². The number of hydrogen-bond donors (Lipinski definition) is 0. The van der Waals surface area contributed by atoms with Crippen molar-refractivity contribution in [1.82, 2.24) is 9.78 Å². The van der Waals surface area contributed by atoms with E-state index in [9.17, 15) is 0 Å². The van der Waals surface area contributed by atoms with Gasteiger partial charge in [0.05, 0.1) is 21.6 Å². The van der Waals surface area contributed by atoms with E-state index in [1.807, 2.05) is 53.2 Å². The minimum absolute atomic E-state index is 0.109. The van der Waals surface area contributed by atoms with Crippen LogP contribution in [0, 0.1) is 0 Å². The molecule has 1 atom stereocenters. The Kier molecular flexibility index (Phi) is 5.90. The van der Waals surface area contributed by atoms with Gasteiger partial charge in [0.25, 0.3) is 0 Å². The highest BCUT2D eigenvalue weighted by molar-refractivity contribution is 9.10. The summed E-state index contributed by atoms with van der Waals surface area (Å²) in [6.45, 7) is 0.742. The molecule has 0 N–H and O–H groups in total. The van der Waals surface area contributed by atoms with Crippen molar-refractivity contribution in [2.24, 2.45) is 4.99 Å². The molecule has 1 saturated heterocycles. The number of rotatable bonds is 4. The van der Waals surface area contributed by atoms with Gasteiger partial charge in [-0.1, -0.05) is 88.2 Å². The molecule has 4 nitrogen and oxygen atoms in total. The molecule has 1 aliphatic rings. The first-order valence-electron chi connectivity index (χ1n) is 10.4. The summed E-state index contributed by atoms with van der Waals surface area (Å²) in [6.07, 6.45) is 3.01. The fraction of sp³-hybridized carbons (Fsp3) is 0.200. The molecule has 6 heteroatoms. The lowest BCUT2D eigenvalue weighted by Gasteiger charge is -2.23. The van der Waals surface area contributed by atoms with E-state index < -0.39 is 0 Å². The van der Waals surface area contributed by atoms with Crippen molar-refractivity contribution in [3.05, 3.63) is 93.4 Å². The fourth-order valence-electron chi connectivity index (χ4n) is 3.98. The highest BCUT2D eigenvalue weighted by atomic mass is 79.9. The maximum atomic E-state index is 6.70. The molecule has 0 spiro atoms. The zero-order valence-electron chi connectivity index (χ0n) is 16.8. The number of fused-ring (bicyclic) bond motifs is 1. The molecule has 3 aromatic carbocycles. The lowest BCUT2D eigenvalue weighted by Crippen LogP contribution is -2.19. The first kappa shape index (κ1) is 20.4. The molecule has 31 heavy (non-hydrogen) atoms. The number of hydrogen-bond acceptors (Lipinski definition) is 3. The third-order valence-electron chi connectivity index (χ3n) is 5.45. The molecule has 0 saturated carbocycles. The zero-order chi connectivity index (χ0) is 21.2. The highest BCUT2D eigenvalue weighted by Gasteiger charge is 2.23. The third kappa shape index (κ3) is 4.18. The summed E-state index contributed by atoms with van der Waals surface area (Å²) in [5, 5.41) is 6.36. The molecule has 0 radical (unpaired) electrons. The van der Waals surface area contributed by atoms with Gasteiger partial charge in [0.1, 0.15) is 0 Å². The van der Waals surface area contributed by atoms with Crippen molar-refractivity contribution in [3.8, 4) is 0 Å². The maximum absolute atomic E-state index is 6.70. The predicted molar refractivity (Wildman–Crippen MR) is 129 cm³/mol. The van der Waals surface area contributed by atoms with E-state index >= 15 is 0 Å². The second-order valence-electron chi connectivity index (χ2n) is 7.56. The van der Waals surface area contributed by atoms with Crippen LogP contribution >= 0.6 is 27.5 Å². The number of halogens is 2.